The molecule has 4 N–H and O–H groups in total. The summed E-state index contributed by atoms with van der Waals surface area (Å²) in [6, 6.07) is 6.10. The van der Waals surface area contributed by atoms with Gasteiger partial charge in [-0.05, 0) is 42.9 Å². The van der Waals surface area contributed by atoms with E-state index in [0.29, 0.717) is 30.0 Å². The molecule has 3 aromatic heterocycles. The molecule has 8 nitrogen and oxygen atoms in total. The van der Waals surface area contributed by atoms with Gasteiger partial charge in [-0.2, -0.15) is 13.2 Å². The van der Waals surface area contributed by atoms with Gasteiger partial charge in [-0.25, -0.2) is 15.0 Å². The Morgan fingerprint density at radius 3 is 2.73 bits per heavy atom. The first-order chi connectivity index (χ1) is 17.4. The maximum atomic E-state index is 12.9. The van der Waals surface area contributed by atoms with E-state index in [1.165, 1.54) is 11.3 Å². The molecule has 4 aromatic rings. The quantitative estimate of drug-likeness (QED) is 0.251. The normalized spacial score (nSPS) is 21.7. The molecule has 3 heterocycles. The van der Waals surface area contributed by atoms with E-state index in [0.717, 1.165) is 33.6 Å². The summed E-state index contributed by atoms with van der Waals surface area (Å²) in [6.07, 6.45) is 0.969. The highest BCUT2D eigenvalue weighted by molar-refractivity contribution is 7.15. The van der Waals surface area contributed by atoms with Gasteiger partial charge >= 0.3 is 12.1 Å². The zero-order chi connectivity index (χ0) is 26.6. The fraction of sp³-hybridized carbons (Fsp3) is 0.360. The number of aliphatic carboxylic acids is 1. The zero-order valence-electron chi connectivity index (χ0n) is 19.9. The van der Waals surface area contributed by atoms with Crippen LogP contribution in [0.15, 0.2) is 42.9 Å². The average molecular weight is 532 g/mol. The Balaban J connectivity index is 1.38. The third-order valence-corrected chi connectivity index (χ3v) is 8.11. The number of halogens is 3. The van der Waals surface area contributed by atoms with Crippen molar-refractivity contribution in [2.45, 2.75) is 44.9 Å². The van der Waals surface area contributed by atoms with Crippen LogP contribution in [0.1, 0.15) is 43.8 Å². The van der Waals surface area contributed by atoms with Gasteiger partial charge in [0, 0.05) is 40.7 Å². The highest BCUT2D eigenvalue weighted by Crippen LogP contribution is 2.51. The third-order valence-electron chi connectivity index (χ3n) is 6.89. The van der Waals surface area contributed by atoms with Crippen LogP contribution in [0.3, 0.4) is 0 Å². The van der Waals surface area contributed by atoms with Crippen molar-refractivity contribution in [2.75, 3.05) is 5.32 Å². The predicted octanol–water partition coefficient (Wildman–Crippen LogP) is 5.94. The molecule has 0 saturated heterocycles. The molecule has 1 aliphatic rings. The van der Waals surface area contributed by atoms with Crippen molar-refractivity contribution in [1.29, 1.82) is 0 Å². The molecule has 0 unspecified atom stereocenters. The lowest BCUT2D eigenvalue weighted by Gasteiger charge is -2.44. The van der Waals surface area contributed by atoms with E-state index in [1.54, 1.807) is 18.3 Å². The van der Waals surface area contributed by atoms with Crippen LogP contribution in [0.25, 0.3) is 21.3 Å². The average Bonchev–Trinajstić information content (AvgIpc) is 3.45. The Kier molecular flexibility index (Phi) is 5.99. The number of H-pyrrole nitrogens is 1. The van der Waals surface area contributed by atoms with Gasteiger partial charge in [0.1, 0.15) is 16.3 Å². The maximum Gasteiger partial charge on any atom is 0.433 e. The molecular weight excluding hydrogens is 507 g/mol. The largest absolute Gasteiger partial charge is 0.481 e. The van der Waals surface area contributed by atoms with Gasteiger partial charge in [-0.15, -0.1) is 11.3 Å². The van der Waals surface area contributed by atoms with Gasteiger partial charge in [-0.1, -0.05) is 19.9 Å². The number of hydrogen-bond acceptors (Lipinski definition) is 7. The van der Waals surface area contributed by atoms with Crippen molar-refractivity contribution in [2.24, 2.45) is 11.3 Å². The fourth-order valence-electron chi connectivity index (χ4n) is 5.11. The van der Waals surface area contributed by atoms with E-state index < -0.39 is 34.8 Å². The molecule has 194 valence electrons. The van der Waals surface area contributed by atoms with Crippen LogP contribution >= 0.6 is 11.3 Å². The molecule has 1 fully saturated rings. The molecule has 2 atom stereocenters. The molecular formula is C25H24F3N5O3S. The summed E-state index contributed by atoms with van der Waals surface area (Å²) >= 11 is 1.36. The lowest BCUT2D eigenvalue weighted by molar-refractivity contribution is -0.154. The number of alkyl halides is 3. The number of thiazole rings is 1. The van der Waals surface area contributed by atoms with Gasteiger partial charge in [0.2, 0.25) is 5.95 Å². The number of anilines is 2. The number of aliphatic hydroxyl groups is 1. The number of fused-ring (bicyclic) bond motifs is 1. The predicted molar refractivity (Wildman–Crippen MR) is 132 cm³/mol. The van der Waals surface area contributed by atoms with E-state index >= 15 is 0 Å². The number of nitrogens with one attached hydrogen (secondary N) is 2. The van der Waals surface area contributed by atoms with Crippen LogP contribution in [-0.2, 0) is 16.6 Å². The molecule has 0 bridgehead atoms. The minimum atomic E-state index is -4.57. The smallest absolute Gasteiger partial charge is 0.433 e. The molecule has 0 radical (unpaired) electrons. The van der Waals surface area contributed by atoms with Crippen LogP contribution < -0.4 is 5.32 Å². The second-order valence-electron chi connectivity index (χ2n) is 10.0. The topological polar surface area (TPSA) is 124 Å². The number of benzene rings is 1. The van der Waals surface area contributed by atoms with E-state index in [2.05, 4.69) is 25.3 Å². The molecule has 1 aliphatic carbocycles. The number of nitrogens with zero attached hydrogens (tertiary/aromatic N) is 3. The monoisotopic (exact) mass is 531 g/mol. The Morgan fingerprint density at radius 2 is 2.03 bits per heavy atom. The molecule has 1 saturated carbocycles. The first kappa shape index (κ1) is 25.2. The second-order valence-corrected chi connectivity index (χ2v) is 11.0. The first-order valence-electron chi connectivity index (χ1n) is 11.6. The lowest BCUT2D eigenvalue weighted by Crippen LogP contribution is -2.44. The third kappa shape index (κ3) is 4.78. The summed E-state index contributed by atoms with van der Waals surface area (Å²) in [6.45, 7) is 3.72. The fourth-order valence-corrected chi connectivity index (χ4v) is 6.17. The summed E-state index contributed by atoms with van der Waals surface area (Å²) in [5.41, 5.74) is -0.704. The van der Waals surface area contributed by atoms with Gasteiger partial charge < -0.3 is 20.5 Å². The number of carboxylic acid groups (broad SMARTS) is 1. The summed E-state index contributed by atoms with van der Waals surface area (Å²) in [5, 5.41) is 25.2. The van der Waals surface area contributed by atoms with Gasteiger partial charge in [-0.3, -0.25) is 4.79 Å². The van der Waals surface area contributed by atoms with Crippen LogP contribution in [0, 0.1) is 11.3 Å². The molecule has 1 aromatic carbocycles. The zero-order valence-corrected chi connectivity index (χ0v) is 20.7. The number of rotatable bonds is 5. The Labute approximate surface area is 213 Å². The molecule has 0 aliphatic heterocycles. The van der Waals surface area contributed by atoms with E-state index in [4.69, 9.17) is 0 Å². The number of aromatic amines is 1. The molecule has 37 heavy (non-hydrogen) atoms. The standard InChI is InChI=1S/C25H24F3N5O3S/c1-23(2)12-24(36,7-5-16(23)20(34)35)21-31-11-18(37-21)15-10-30-17-9-13(3-4-14(15)17)32-22-29-8-6-19(33-22)25(26,27)28/h3-4,6,8-11,16,30,36H,5,7,12H2,1-2H3,(H,34,35)(H,29,32,33)/t16-,24-/m1/s1. The van der Waals surface area contributed by atoms with Crippen molar-refractivity contribution in [3.05, 3.63) is 53.6 Å². The van der Waals surface area contributed by atoms with Crippen molar-refractivity contribution < 1.29 is 28.2 Å². The second kappa shape index (κ2) is 8.80. The number of carbonyl (C=O) groups is 1. The molecule has 12 heteroatoms. The first-order valence-corrected chi connectivity index (χ1v) is 12.4. The Hall–Kier alpha value is -3.51. The van der Waals surface area contributed by atoms with Crippen LogP contribution in [0.5, 0.6) is 0 Å². The van der Waals surface area contributed by atoms with Crippen LogP contribution in [-0.4, -0.2) is 36.1 Å². The van der Waals surface area contributed by atoms with Crippen LogP contribution in [0.2, 0.25) is 0 Å². The summed E-state index contributed by atoms with van der Waals surface area (Å²) in [7, 11) is 0. The maximum absolute atomic E-state index is 12.9. The van der Waals surface area contributed by atoms with Crippen LogP contribution in [0.4, 0.5) is 24.8 Å². The van der Waals surface area contributed by atoms with Crippen molar-refractivity contribution in [3.63, 3.8) is 0 Å². The highest BCUT2D eigenvalue weighted by Gasteiger charge is 2.49. The molecule has 0 amide bonds. The Bertz CT molecular complexity index is 1480. The number of carboxylic acids is 1. The summed E-state index contributed by atoms with van der Waals surface area (Å²) < 4.78 is 38.8. The SMILES string of the molecule is CC1(C)C[C@@](O)(c2ncc(-c3c[nH]c4cc(Nc5nccc(C(F)(F)F)n5)ccc34)s2)CC[C@@H]1C(=O)O. The number of hydrogen-bond donors (Lipinski definition) is 4. The van der Waals surface area contributed by atoms with Crippen molar-refractivity contribution in [3.8, 4) is 10.4 Å². The summed E-state index contributed by atoms with van der Waals surface area (Å²) in [5.74, 6) is -1.54. The van der Waals surface area contributed by atoms with Gasteiger partial charge in [0.05, 0.1) is 10.8 Å². The molecule has 5 rings (SSSR count). The lowest BCUT2D eigenvalue weighted by atomic mass is 9.63. The molecule has 0 spiro atoms. The summed E-state index contributed by atoms with van der Waals surface area (Å²) in [4.78, 5) is 27.5. The highest BCUT2D eigenvalue weighted by atomic mass is 32.1. The van der Waals surface area contributed by atoms with Gasteiger partial charge in [0.15, 0.2) is 0 Å². The van der Waals surface area contributed by atoms with E-state index in [1.807, 2.05) is 26.1 Å². The van der Waals surface area contributed by atoms with E-state index in [9.17, 15) is 28.2 Å². The van der Waals surface area contributed by atoms with Gasteiger partial charge in [0.25, 0.3) is 0 Å². The van der Waals surface area contributed by atoms with E-state index in [-0.39, 0.29) is 5.95 Å². The minimum absolute atomic E-state index is 0.165. The minimum Gasteiger partial charge on any atom is -0.481 e. The van der Waals surface area contributed by atoms with Crippen molar-refractivity contribution in [1.82, 2.24) is 19.9 Å². The Morgan fingerprint density at radius 1 is 1.24 bits per heavy atom. The number of aromatic nitrogens is 4. The van der Waals surface area contributed by atoms with Crippen molar-refractivity contribution >= 4 is 39.8 Å².